The van der Waals surface area contributed by atoms with Crippen molar-refractivity contribution >= 4 is 33.2 Å². The molecule has 2 aromatic carbocycles. The monoisotopic (exact) mass is 377 g/mol. The molecule has 2 rings (SSSR count). The molecule has 0 saturated heterocycles. The van der Waals surface area contributed by atoms with Gasteiger partial charge in [0.15, 0.2) is 0 Å². The molecule has 0 atom stereocenters. The lowest BCUT2D eigenvalue weighted by Crippen LogP contribution is -2.07. The van der Waals surface area contributed by atoms with E-state index in [1.54, 1.807) is 0 Å². The van der Waals surface area contributed by atoms with Crippen LogP contribution in [-0.4, -0.2) is 0 Å². The molecule has 21 heavy (non-hydrogen) atoms. The van der Waals surface area contributed by atoms with E-state index in [4.69, 9.17) is 11.6 Å². The van der Waals surface area contributed by atoms with Crippen molar-refractivity contribution in [1.82, 2.24) is 0 Å². The first kappa shape index (κ1) is 16.2. The third kappa shape index (κ3) is 4.38. The van der Waals surface area contributed by atoms with Gasteiger partial charge in [-0.2, -0.15) is 13.2 Å². The molecule has 0 fully saturated rings. The number of rotatable bonds is 3. The van der Waals surface area contributed by atoms with E-state index in [1.165, 1.54) is 6.07 Å². The normalized spacial score (nSPS) is 11.5. The average Bonchev–Trinajstić information content (AvgIpc) is 2.38. The van der Waals surface area contributed by atoms with Gasteiger partial charge in [-0.25, -0.2) is 0 Å². The number of hydrogen-bond acceptors (Lipinski definition) is 1. The van der Waals surface area contributed by atoms with Gasteiger partial charge in [-0.1, -0.05) is 39.7 Å². The van der Waals surface area contributed by atoms with Crippen LogP contribution in [-0.2, 0) is 12.7 Å². The molecule has 0 aliphatic carbocycles. The molecular weight excluding hydrogens is 367 g/mol. The summed E-state index contributed by atoms with van der Waals surface area (Å²) in [4.78, 5) is 0. The van der Waals surface area contributed by atoms with Crippen LogP contribution in [0.5, 0.6) is 0 Å². The standard InChI is InChI=1S/C15H12BrClF3N/c1-9-4-10(2-3-14(9)16)8-21-13-6-11(15(18,19)20)5-12(17)7-13/h2-7,21H,8H2,1H3. The molecule has 0 saturated carbocycles. The molecule has 1 nitrogen and oxygen atoms in total. The van der Waals surface area contributed by atoms with E-state index < -0.39 is 11.7 Å². The number of hydrogen-bond donors (Lipinski definition) is 1. The molecular formula is C15H12BrClF3N. The summed E-state index contributed by atoms with van der Waals surface area (Å²) >= 11 is 9.14. The van der Waals surface area contributed by atoms with E-state index in [0.717, 1.165) is 27.7 Å². The molecule has 0 aliphatic rings. The predicted octanol–water partition coefficient (Wildman–Crippen LogP) is 6.04. The first-order chi connectivity index (χ1) is 9.75. The summed E-state index contributed by atoms with van der Waals surface area (Å²) in [5.41, 5.74) is 1.63. The maximum absolute atomic E-state index is 12.7. The molecule has 0 radical (unpaired) electrons. The molecule has 0 spiro atoms. The quantitative estimate of drug-likeness (QED) is 0.686. The molecule has 0 unspecified atom stereocenters. The van der Waals surface area contributed by atoms with Crippen molar-refractivity contribution in [2.24, 2.45) is 0 Å². The van der Waals surface area contributed by atoms with Crippen LogP contribution in [0.3, 0.4) is 0 Å². The minimum absolute atomic E-state index is 0.0549. The Kier molecular flexibility index (Phi) is 4.84. The van der Waals surface area contributed by atoms with Crippen molar-refractivity contribution in [3.8, 4) is 0 Å². The Morgan fingerprint density at radius 1 is 1.14 bits per heavy atom. The van der Waals surface area contributed by atoms with Crippen LogP contribution in [0, 0.1) is 6.92 Å². The topological polar surface area (TPSA) is 12.0 Å². The first-order valence-corrected chi connectivity index (χ1v) is 7.29. The first-order valence-electron chi connectivity index (χ1n) is 6.12. The molecule has 112 valence electrons. The molecule has 0 amide bonds. The minimum atomic E-state index is -4.41. The fraction of sp³-hybridized carbons (Fsp3) is 0.200. The van der Waals surface area contributed by atoms with E-state index in [9.17, 15) is 13.2 Å². The number of nitrogens with one attached hydrogen (secondary N) is 1. The van der Waals surface area contributed by atoms with Crippen molar-refractivity contribution in [3.05, 3.63) is 62.6 Å². The second-order valence-electron chi connectivity index (χ2n) is 4.66. The predicted molar refractivity (Wildman–Crippen MR) is 82.7 cm³/mol. The third-order valence-corrected chi connectivity index (χ3v) is 4.05. The van der Waals surface area contributed by atoms with Crippen LogP contribution in [0.25, 0.3) is 0 Å². The van der Waals surface area contributed by atoms with Crippen LogP contribution in [0.4, 0.5) is 18.9 Å². The Bertz CT molecular complexity index is 656. The van der Waals surface area contributed by atoms with E-state index in [1.807, 2.05) is 25.1 Å². The molecule has 1 N–H and O–H groups in total. The third-order valence-electron chi connectivity index (χ3n) is 2.94. The number of aryl methyl sites for hydroxylation is 1. The van der Waals surface area contributed by atoms with Crippen LogP contribution in [0.2, 0.25) is 5.02 Å². The zero-order valence-corrected chi connectivity index (χ0v) is 13.4. The van der Waals surface area contributed by atoms with Crippen molar-refractivity contribution in [2.45, 2.75) is 19.6 Å². The van der Waals surface area contributed by atoms with E-state index in [0.29, 0.717) is 12.2 Å². The smallest absolute Gasteiger partial charge is 0.381 e. The lowest BCUT2D eigenvalue weighted by atomic mass is 10.1. The molecule has 0 bridgehead atoms. The van der Waals surface area contributed by atoms with Gasteiger partial charge in [0.2, 0.25) is 0 Å². The molecule has 6 heteroatoms. The second kappa shape index (κ2) is 6.28. The number of halogens is 5. The van der Waals surface area contributed by atoms with E-state index >= 15 is 0 Å². The lowest BCUT2D eigenvalue weighted by molar-refractivity contribution is -0.137. The van der Waals surface area contributed by atoms with Crippen molar-refractivity contribution in [3.63, 3.8) is 0 Å². The minimum Gasteiger partial charge on any atom is -0.381 e. The molecule has 0 aromatic heterocycles. The summed E-state index contributed by atoms with van der Waals surface area (Å²) in [6, 6.07) is 9.22. The molecule has 0 aliphatic heterocycles. The van der Waals surface area contributed by atoms with Gasteiger partial charge in [0.05, 0.1) is 5.56 Å². The summed E-state index contributed by atoms with van der Waals surface area (Å²) in [6.07, 6.45) is -4.41. The maximum Gasteiger partial charge on any atom is 0.416 e. The molecule has 0 heterocycles. The Morgan fingerprint density at radius 3 is 2.48 bits per heavy atom. The summed E-state index contributed by atoms with van der Waals surface area (Å²) in [7, 11) is 0. The van der Waals surface area contributed by atoms with Gasteiger partial charge in [-0.3, -0.25) is 0 Å². The highest BCUT2D eigenvalue weighted by molar-refractivity contribution is 9.10. The van der Waals surface area contributed by atoms with Crippen LogP contribution in [0.15, 0.2) is 40.9 Å². The largest absolute Gasteiger partial charge is 0.416 e. The van der Waals surface area contributed by atoms with Gasteiger partial charge in [0.1, 0.15) is 0 Å². The summed E-state index contributed by atoms with van der Waals surface area (Å²) < 4.78 is 39.1. The van der Waals surface area contributed by atoms with Crippen LogP contribution in [0.1, 0.15) is 16.7 Å². The zero-order valence-electron chi connectivity index (χ0n) is 11.1. The van der Waals surface area contributed by atoms with Gasteiger partial charge < -0.3 is 5.32 Å². The fourth-order valence-electron chi connectivity index (χ4n) is 1.88. The highest BCUT2D eigenvalue weighted by Crippen LogP contribution is 2.33. The number of alkyl halides is 3. The fourth-order valence-corrected chi connectivity index (χ4v) is 2.36. The Morgan fingerprint density at radius 2 is 1.86 bits per heavy atom. The lowest BCUT2D eigenvalue weighted by Gasteiger charge is -2.12. The summed E-state index contributed by atoms with van der Waals surface area (Å²) in [6.45, 7) is 2.38. The molecule has 2 aromatic rings. The Hall–Kier alpha value is -1.20. The number of anilines is 1. The summed E-state index contributed by atoms with van der Waals surface area (Å²) in [5.74, 6) is 0. The summed E-state index contributed by atoms with van der Waals surface area (Å²) in [5, 5.41) is 3.02. The van der Waals surface area contributed by atoms with Gasteiger partial charge >= 0.3 is 6.18 Å². The van der Waals surface area contributed by atoms with Crippen LogP contribution >= 0.6 is 27.5 Å². The number of benzene rings is 2. The second-order valence-corrected chi connectivity index (χ2v) is 5.95. The average molecular weight is 379 g/mol. The van der Waals surface area contributed by atoms with Gasteiger partial charge in [-0.15, -0.1) is 0 Å². The van der Waals surface area contributed by atoms with Crippen LogP contribution < -0.4 is 5.32 Å². The Labute approximate surface area is 134 Å². The maximum atomic E-state index is 12.7. The highest BCUT2D eigenvalue weighted by Gasteiger charge is 2.31. The van der Waals surface area contributed by atoms with E-state index in [2.05, 4.69) is 21.2 Å². The SMILES string of the molecule is Cc1cc(CNc2cc(Cl)cc(C(F)(F)F)c2)ccc1Br. The highest BCUT2D eigenvalue weighted by atomic mass is 79.9. The van der Waals surface area contributed by atoms with Crippen molar-refractivity contribution in [2.75, 3.05) is 5.32 Å². The van der Waals surface area contributed by atoms with Gasteiger partial charge in [0, 0.05) is 21.7 Å². The van der Waals surface area contributed by atoms with Gasteiger partial charge in [0.25, 0.3) is 0 Å². The van der Waals surface area contributed by atoms with Crippen molar-refractivity contribution < 1.29 is 13.2 Å². The zero-order chi connectivity index (χ0) is 15.6. The van der Waals surface area contributed by atoms with E-state index in [-0.39, 0.29) is 5.02 Å². The Balaban J connectivity index is 2.16. The van der Waals surface area contributed by atoms with Gasteiger partial charge in [-0.05, 0) is 42.3 Å². The van der Waals surface area contributed by atoms with Crippen molar-refractivity contribution in [1.29, 1.82) is 0 Å².